The molecule has 0 atom stereocenters. The first-order valence-electron chi connectivity index (χ1n) is 10.4. The summed E-state index contributed by atoms with van der Waals surface area (Å²) in [6.45, 7) is 4.60. The van der Waals surface area contributed by atoms with E-state index < -0.39 is 0 Å². The minimum Gasteiger partial charge on any atom is -0.353 e. The van der Waals surface area contributed by atoms with Crippen LogP contribution in [0, 0.1) is 0 Å². The molecule has 0 N–H and O–H groups in total. The number of aromatic nitrogens is 7. The van der Waals surface area contributed by atoms with Crippen molar-refractivity contribution < 1.29 is 9.32 Å². The van der Waals surface area contributed by atoms with Gasteiger partial charge in [-0.3, -0.25) is 4.79 Å². The van der Waals surface area contributed by atoms with Crippen LogP contribution >= 0.6 is 0 Å². The highest BCUT2D eigenvalue weighted by Gasteiger charge is 2.23. The lowest BCUT2D eigenvalue weighted by Gasteiger charge is -2.35. The van der Waals surface area contributed by atoms with Crippen LogP contribution in [-0.2, 0) is 6.42 Å². The second-order valence-corrected chi connectivity index (χ2v) is 7.35. The molecule has 1 amide bonds. The predicted molar refractivity (Wildman–Crippen MR) is 114 cm³/mol. The molecular weight excluding hydrogens is 410 g/mol. The van der Waals surface area contributed by atoms with Crippen LogP contribution in [-0.4, -0.2) is 72.3 Å². The Morgan fingerprint density at radius 1 is 1.12 bits per heavy atom. The molecule has 5 rings (SSSR count). The first kappa shape index (κ1) is 19.8. The van der Waals surface area contributed by atoms with E-state index in [2.05, 4.69) is 35.5 Å². The Balaban J connectivity index is 1.22. The van der Waals surface area contributed by atoms with E-state index in [1.165, 1.54) is 11.0 Å². The highest BCUT2D eigenvalue weighted by Crippen LogP contribution is 2.20. The predicted octanol–water partition coefficient (Wildman–Crippen LogP) is 1.63. The van der Waals surface area contributed by atoms with Crippen molar-refractivity contribution in [1.29, 1.82) is 0 Å². The van der Waals surface area contributed by atoms with E-state index >= 15 is 0 Å². The SMILES string of the molecule is CCc1nc(-c2ccc(N3CCN(C(=O)c4cccc(-n5cnnn5)c4)CC3)nc2)no1. The topological polar surface area (TPSA) is 119 Å². The van der Waals surface area contributed by atoms with Crippen molar-refractivity contribution in [2.24, 2.45) is 0 Å². The Hall–Kier alpha value is -4.15. The molecule has 11 heteroatoms. The van der Waals surface area contributed by atoms with Gasteiger partial charge in [0.2, 0.25) is 11.7 Å². The van der Waals surface area contributed by atoms with Crippen LogP contribution in [0.5, 0.6) is 0 Å². The number of benzene rings is 1. The van der Waals surface area contributed by atoms with Gasteiger partial charge in [0.1, 0.15) is 12.1 Å². The van der Waals surface area contributed by atoms with Gasteiger partial charge >= 0.3 is 0 Å². The molecule has 11 nitrogen and oxygen atoms in total. The lowest BCUT2D eigenvalue weighted by atomic mass is 10.1. The van der Waals surface area contributed by atoms with Crippen molar-refractivity contribution in [3.63, 3.8) is 0 Å². The van der Waals surface area contributed by atoms with Crippen LogP contribution in [0.15, 0.2) is 53.4 Å². The van der Waals surface area contributed by atoms with Gasteiger partial charge in [0.15, 0.2) is 0 Å². The fourth-order valence-electron chi connectivity index (χ4n) is 3.60. The summed E-state index contributed by atoms with van der Waals surface area (Å²) in [5, 5.41) is 15.1. The van der Waals surface area contributed by atoms with Crippen LogP contribution in [0.3, 0.4) is 0 Å². The first-order valence-corrected chi connectivity index (χ1v) is 10.4. The van der Waals surface area contributed by atoms with Crippen molar-refractivity contribution in [3.8, 4) is 17.1 Å². The maximum absolute atomic E-state index is 13.0. The van der Waals surface area contributed by atoms with Crippen LogP contribution in [0.2, 0.25) is 0 Å². The third-order valence-corrected chi connectivity index (χ3v) is 5.37. The number of piperazine rings is 1. The third kappa shape index (κ3) is 3.92. The maximum atomic E-state index is 13.0. The van der Waals surface area contributed by atoms with E-state index in [9.17, 15) is 4.79 Å². The number of amides is 1. The fraction of sp³-hybridized carbons (Fsp3) is 0.286. The smallest absolute Gasteiger partial charge is 0.254 e. The minimum atomic E-state index is -0.00767. The van der Waals surface area contributed by atoms with Gasteiger partial charge in [-0.05, 0) is 40.8 Å². The third-order valence-electron chi connectivity index (χ3n) is 5.37. The molecule has 1 saturated heterocycles. The summed E-state index contributed by atoms with van der Waals surface area (Å²) < 4.78 is 6.70. The minimum absolute atomic E-state index is 0.00767. The number of rotatable bonds is 5. The first-order chi connectivity index (χ1) is 15.7. The summed E-state index contributed by atoms with van der Waals surface area (Å²) in [5.74, 6) is 2.00. The van der Waals surface area contributed by atoms with E-state index in [0.717, 1.165) is 17.1 Å². The van der Waals surface area contributed by atoms with Crippen molar-refractivity contribution >= 4 is 11.7 Å². The highest BCUT2D eigenvalue weighted by atomic mass is 16.5. The zero-order valence-corrected chi connectivity index (χ0v) is 17.5. The zero-order chi connectivity index (χ0) is 21.9. The monoisotopic (exact) mass is 431 g/mol. The number of hydrogen-bond donors (Lipinski definition) is 0. The molecular formula is C21H21N9O2. The van der Waals surface area contributed by atoms with E-state index in [4.69, 9.17) is 4.52 Å². The Morgan fingerprint density at radius 3 is 2.69 bits per heavy atom. The summed E-state index contributed by atoms with van der Waals surface area (Å²) in [7, 11) is 0. The number of tetrazole rings is 1. The van der Waals surface area contributed by atoms with E-state index in [0.29, 0.717) is 49.9 Å². The Morgan fingerprint density at radius 2 is 2.00 bits per heavy atom. The molecule has 0 radical (unpaired) electrons. The van der Waals surface area contributed by atoms with Crippen molar-refractivity contribution in [1.82, 2.24) is 40.2 Å². The average Bonchev–Trinajstić information content (AvgIpc) is 3.57. The summed E-state index contributed by atoms with van der Waals surface area (Å²) in [4.78, 5) is 25.9. The Bertz CT molecular complexity index is 1200. The number of nitrogens with zero attached hydrogens (tertiary/aromatic N) is 9. The number of anilines is 1. The highest BCUT2D eigenvalue weighted by molar-refractivity contribution is 5.95. The summed E-state index contributed by atoms with van der Waals surface area (Å²) >= 11 is 0. The Kier molecular flexibility index (Phi) is 5.28. The molecule has 0 unspecified atom stereocenters. The summed E-state index contributed by atoms with van der Waals surface area (Å²) in [6.07, 6.45) is 3.95. The molecule has 0 spiro atoms. The van der Waals surface area contributed by atoms with Crippen LogP contribution in [0.1, 0.15) is 23.2 Å². The van der Waals surface area contributed by atoms with Gasteiger partial charge in [-0.1, -0.05) is 18.1 Å². The molecule has 4 aromatic rings. The van der Waals surface area contributed by atoms with Gasteiger partial charge < -0.3 is 14.3 Å². The average molecular weight is 431 g/mol. The normalized spacial score (nSPS) is 14.0. The summed E-state index contributed by atoms with van der Waals surface area (Å²) in [6, 6.07) is 11.2. The second-order valence-electron chi connectivity index (χ2n) is 7.35. The lowest BCUT2D eigenvalue weighted by molar-refractivity contribution is 0.0746. The Labute approximate surface area is 183 Å². The fourth-order valence-corrected chi connectivity index (χ4v) is 3.60. The number of hydrogen-bond acceptors (Lipinski definition) is 9. The van der Waals surface area contributed by atoms with Crippen LogP contribution in [0.25, 0.3) is 17.1 Å². The molecule has 0 saturated carbocycles. The standard InChI is InChI=1S/C21H21N9O2/c1-2-19-24-20(25-32-19)16-6-7-18(22-13-16)28-8-10-29(11-9-28)21(31)15-4-3-5-17(12-15)30-14-23-26-27-30/h3-7,12-14H,2,8-11H2,1H3. The molecule has 3 aromatic heterocycles. The number of carbonyl (C=O) groups excluding carboxylic acids is 1. The number of pyridine rings is 1. The van der Waals surface area contributed by atoms with Gasteiger partial charge in [-0.25, -0.2) is 9.67 Å². The van der Waals surface area contributed by atoms with Gasteiger partial charge in [0, 0.05) is 49.9 Å². The van der Waals surface area contributed by atoms with Crippen LogP contribution in [0.4, 0.5) is 5.82 Å². The number of carbonyl (C=O) groups is 1. The van der Waals surface area contributed by atoms with Crippen molar-refractivity contribution in [2.75, 3.05) is 31.1 Å². The molecule has 0 aliphatic carbocycles. The van der Waals surface area contributed by atoms with Gasteiger partial charge in [-0.2, -0.15) is 4.98 Å². The molecule has 1 aliphatic heterocycles. The second kappa shape index (κ2) is 8.53. The molecule has 1 aromatic carbocycles. The maximum Gasteiger partial charge on any atom is 0.254 e. The van der Waals surface area contributed by atoms with Crippen molar-refractivity contribution in [3.05, 3.63) is 60.4 Å². The number of aryl methyl sites for hydroxylation is 1. The molecule has 0 bridgehead atoms. The molecule has 32 heavy (non-hydrogen) atoms. The quantitative estimate of drug-likeness (QED) is 0.464. The molecule has 1 aliphatic rings. The zero-order valence-electron chi connectivity index (χ0n) is 17.5. The van der Waals surface area contributed by atoms with E-state index in [1.54, 1.807) is 12.3 Å². The molecule has 162 valence electrons. The van der Waals surface area contributed by atoms with Gasteiger partial charge in [-0.15, -0.1) is 5.10 Å². The van der Waals surface area contributed by atoms with Gasteiger partial charge in [0.25, 0.3) is 5.91 Å². The lowest BCUT2D eigenvalue weighted by Crippen LogP contribution is -2.49. The summed E-state index contributed by atoms with van der Waals surface area (Å²) in [5.41, 5.74) is 2.17. The molecule has 4 heterocycles. The van der Waals surface area contributed by atoms with Crippen molar-refractivity contribution in [2.45, 2.75) is 13.3 Å². The van der Waals surface area contributed by atoms with E-state index in [-0.39, 0.29) is 5.91 Å². The molecule has 1 fully saturated rings. The van der Waals surface area contributed by atoms with Crippen LogP contribution < -0.4 is 4.90 Å². The largest absolute Gasteiger partial charge is 0.353 e. The van der Waals surface area contributed by atoms with Gasteiger partial charge in [0.05, 0.1) is 5.69 Å². The van der Waals surface area contributed by atoms with E-state index in [1.807, 2.05) is 42.2 Å².